The van der Waals surface area contributed by atoms with Gasteiger partial charge in [0.15, 0.2) is 0 Å². The van der Waals surface area contributed by atoms with Crippen LogP contribution in [0.5, 0.6) is 0 Å². The minimum Gasteiger partial charge on any atom is -0.316 e. The van der Waals surface area contributed by atoms with E-state index in [1.54, 1.807) is 19.2 Å². The molecule has 1 unspecified atom stereocenters. The van der Waals surface area contributed by atoms with Gasteiger partial charge in [-0.25, -0.2) is 13.1 Å². The summed E-state index contributed by atoms with van der Waals surface area (Å²) >= 11 is 0. The van der Waals surface area contributed by atoms with E-state index in [1.165, 1.54) is 0 Å². The molecule has 0 radical (unpaired) electrons. The molecule has 2 aromatic rings. The lowest BCUT2D eigenvalue weighted by Crippen LogP contribution is -2.37. The van der Waals surface area contributed by atoms with Crippen LogP contribution in [0.15, 0.2) is 59.5 Å². The molecular formula is C16H21ClN2O2S. The van der Waals surface area contributed by atoms with Crippen LogP contribution in [0.25, 0.3) is 11.1 Å². The van der Waals surface area contributed by atoms with E-state index < -0.39 is 10.0 Å². The Balaban J connectivity index is 0.00000242. The number of rotatable bonds is 6. The Morgan fingerprint density at radius 1 is 1.00 bits per heavy atom. The Hall–Kier alpha value is -1.40. The van der Waals surface area contributed by atoms with Gasteiger partial charge in [-0.05, 0) is 25.6 Å². The highest BCUT2D eigenvalue weighted by Crippen LogP contribution is 2.26. The van der Waals surface area contributed by atoms with E-state index >= 15 is 0 Å². The van der Waals surface area contributed by atoms with Crippen LogP contribution in [0, 0.1) is 0 Å². The van der Waals surface area contributed by atoms with Gasteiger partial charge in [0.1, 0.15) is 0 Å². The molecule has 0 aliphatic carbocycles. The first-order chi connectivity index (χ1) is 10.0. The minimum atomic E-state index is -3.53. The van der Waals surface area contributed by atoms with E-state index in [9.17, 15) is 8.42 Å². The molecule has 4 nitrogen and oxygen atoms in total. The van der Waals surface area contributed by atoms with Crippen molar-refractivity contribution in [3.8, 4) is 11.1 Å². The van der Waals surface area contributed by atoms with Gasteiger partial charge in [-0.15, -0.1) is 12.4 Å². The lowest BCUT2D eigenvalue weighted by molar-refractivity contribution is 0.554. The van der Waals surface area contributed by atoms with Crippen LogP contribution < -0.4 is 10.0 Å². The molecule has 2 aromatic carbocycles. The van der Waals surface area contributed by atoms with Crippen molar-refractivity contribution in [2.24, 2.45) is 0 Å². The summed E-state index contributed by atoms with van der Waals surface area (Å²) in [6.07, 6.45) is 0. The number of hydrogen-bond acceptors (Lipinski definition) is 3. The number of sulfonamides is 1. The zero-order chi connectivity index (χ0) is 15.3. The van der Waals surface area contributed by atoms with E-state index in [4.69, 9.17) is 0 Å². The molecule has 0 aromatic heterocycles. The van der Waals surface area contributed by atoms with Crippen LogP contribution in [0.3, 0.4) is 0 Å². The molecule has 120 valence electrons. The lowest BCUT2D eigenvalue weighted by atomic mass is 10.1. The van der Waals surface area contributed by atoms with Gasteiger partial charge in [-0.3, -0.25) is 0 Å². The average molecular weight is 341 g/mol. The quantitative estimate of drug-likeness (QED) is 0.850. The van der Waals surface area contributed by atoms with E-state index in [1.807, 2.05) is 49.4 Å². The smallest absolute Gasteiger partial charge is 0.241 e. The topological polar surface area (TPSA) is 58.2 Å². The van der Waals surface area contributed by atoms with Crippen LogP contribution in [-0.2, 0) is 10.0 Å². The highest BCUT2D eigenvalue weighted by atomic mass is 35.5. The van der Waals surface area contributed by atoms with Gasteiger partial charge in [-0.1, -0.05) is 48.5 Å². The van der Waals surface area contributed by atoms with Crippen LogP contribution in [0.1, 0.15) is 6.92 Å². The summed E-state index contributed by atoms with van der Waals surface area (Å²) in [5.74, 6) is 0. The predicted molar refractivity (Wildman–Crippen MR) is 92.8 cm³/mol. The molecule has 22 heavy (non-hydrogen) atoms. The molecule has 1 atom stereocenters. The SMILES string of the molecule is CNC(C)CNS(=O)(=O)c1ccccc1-c1ccccc1.Cl. The van der Waals surface area contributed by atoms with Crippen molar-refractivity contribution in [2.45, 2.75) is 17.9 Å². The van der Waals surface area contributed by atoms with Crippen molar-refractivity contribution < 1.29 is 8.42 Å². The number of nitrogens with one attached hydrogen (secondary N) is 2. The molecule has 0 bridgehead atoms. The normalized spacial score (nSPS) is 12.5. The summed E-state index contributed by atoms with van der Waals surface area (Å²) in [6.45, 7) is 2.27. The Bertz CT molecular complexity index is 690. The summed E-state index contributed by atoms with van der Waals surface area (Å²) < 4.78 is 27.7. The minimum absolute atomic E-state index is 0. The van der Waals surface area contributed by atoms with Crippen molar-refractivity contribution >= 4 is 22.4 Å². The second-order valence-electron chi connectivity index (χ2n) is 4.90. The van der Waals surface area contributed by atoms with Gasteiger partial charge in [0.25, 0.3) is 0 Å². The molecule has 0 spiro atoms. The maximum Gasteiger partial charge on any atom is 0.241 e. The second-order valence-corrected chi connectivity index (χ2v) is 6.64. The summed E-state index contributed by atoms with van der Waals surface area (Å²) in [4.78, 5) is 0.305. The van der Waals surface area contributed by atoms with Gasteiger partial charge in [-0.2, -0.15) is 0 Å². The van der Waals surface area contributed by atoms with E-state index in [0.717, 1.165) is 5.56 Å². The molecular weight excluding hydrogens is 320 g/mol. The molecule has 0 saturated carbocycles. The maximum absolute atomic E-state index is 12.5. The number of likely N-dealkylation sites (N-methyl/N-ethyl adjacent to an activating group) is 1. The largest absolute Gasteiger partial charge is 0.316 e. The number of hydrogen-bond donors (Lipinski definition) is 2. The van der Waals surface area contributed by atoms with Gasteiger partial charge in [0.2, 0.25) is 10.0 Å². The first-order valence-electron chi connectivity index (χ1n) is 6.86. The highest BCUT2D eigenvalue weighted by Gasteiger charge is 2.19. The van der Waals surface area contributed by atoms with Crippen LogP contribution in [0.2, 0.25) is 0 Å². The third-order valence-electron chi connectivity index (χ3n) is 3.33. The third-order valence-corrected chi connectivity index (χ3v) is 4.82. The van der Waals surface area contributed by atoms with E-state index in [-0.39, 0.29) is 18.4 Å². The number of halogens is 1. The molecule has 0 aliphatic heterocycles. The summed E-state index contributed by atoms with van der Waals surface area (Å²) in [5, 5.41) is 3.01. The fraction of sp³-hybridized carbons (Fsp3) is 0.250. The molecule has 2 rings (SSSR count). The Morgan fingerprint density at radius 2 is 1.59 bits per heavy atom. The monoisotopic (exact) mass is 340 g/mol. The summed E-state index contributed by atoms with van der Waals surface area (Å²) in [5.41, 5.74) is 1.60. The van der Waals surface area contributed by atoms with E-state index in [0.29, 0.717) is 17.0 Å². The van der Waals surface area contributed by atoms with Crippen LogP contribution in [0.4, 0.5) is 0 Å². The van der Waals surface area contributed by atoms with Crippen molar-refractivity contribution in [1.82, 2.24) is 10.0 Å². The van der Waals surface area contributed by atoms with Gasteiger partial charge in [0.05, 0.1) is 4.90 Å². The Morgan fingerprint density at radius 3 is 2.23 bits per heavy atom. The molecule has 0 aliphatic rings. The fourth-order valence-electron chi connectivity index (χ4n) is 1.97. The average Bonchev–Trinajstić information content (AvgIpc) is 2.53. The van der Waals surface area contributed by atoms with Crippen molar-refractivity contribution in [2.75, 3.05) is 13.6 Å². The second kappa shape index (κ2) is 8.29. The maximum atomic E-state index is 12.5. The van der Waals surface area contributed by atoms with Crippen LogP contribution in [-0.4, -0.2) is 28.1 Å². The van der Waals surface area contributed by atoms with Crippen molar-refractivity contribution in [1.29, 1.82) is 0 Å². The summed E-state index contributed by atoms with van der Waals surface area (Å²) in [6, 6.07) is 16.6. The third kappa shape index (κ3) is 4.55. The first kappa shape index (κ1) is 18.6. The Kier molecular flexibility index (Phi) is 7.03. The highest BCUT2D eigenvalue weighted by molar-refractivity contribution is 7.89. The van der Waals surface area contributed by atoms with Crippen molar-refractivity contribution in [3.05, 3.63) is 54.6 Å². The molecule has 0 amide bonds. The van der Waals surface area contributed by atoms with E-state index in [2.05, 4.69) is 10.0 Å². The Labute approximate surface area is 138 Å². The zero-order valence-corrected chi connectivity index (χ0v) is 14.2. The van der Waals surface area contributed by atoms with Gasteiger partial charge in [0, 0.05) is 18.2 Å². The van der Waals surface area contributed by atoms with Crippen molar-refractivity contribution in [3.63, 3.8) is 0 Å². The predicted octanol–water partition coefficient (Wildman–Crippen LogP) is 2.66. The fourth-order valence-corrected chi connectivity index (χ4v) is 3.33. The van der Waals surface area contributed by atoms with Gasteiger partial charge < -0.3 is 5.32 Å². The number of benzene rings is 2. The van der Waals surface area contributed by atoms with Gasteiger partial charge >= 0.3 is 0 Å². The first-order valence-corrected chi connectivity index (χ1v) is 8.34. The molecule has 2 N–H and O–H groups in total. The summed E-state index contributed by atoms with van der Waals surface area (Å²) in [7, 11) is -1.73. The zero-order valence-electron chi connectivity index (χ0n) is 12.6. The lowest BCUT2D eigenvalue weighted by Gasteiger charge is -2.14. The molecule has 0 saturated heterocycles. The molecule has 6 heteroatoms. The molecule has 0 fully saturated rings. The molecule has 0 heterocycles. The van der Waals surface area contributed by atoms with Crippen LogP contribution >= 0.6 is 12.4 Å². The standard InChI is InChI=1S/C16H20N2O2S.ClH/c1-13(17-2)12-18-21(19,20)16-11-7-6-10-15(16)14-8-4-3-5-9-14;/h3-11,13,17-18H,12H2,1-2H3;1H.